The molecule has 5 nitrogen and oxygen atoms in total. The summed E-state index contributed by atoms with van der Waals surface area (Å²) in [4.78, 5) is 0. The van der Waals surface area contributed by atoms with Crippen molar-refractivity contribution >= 4 is 0 Å². The number of ether oxygens (including phenoxy) is 2. The molecule has 1 N–H and O–H groups in total. The molecular weight excluding hydrogens is 268 g/mol. The van der Waals surface area contributed by atoms with Gasteiger partial charge in [0.15, 0.2) is 5.75 Å². The van der Waals surface area contributed by atoms with Gasteiger partial charge < -0.3 is 14.6 Å². The monoisotopic (exact) mass is 290 g/mol. The van der Waals surface area contributed by atoms with E-state index in [0.717, 1.165) is 11.3 Å². The number of aliphatic hydroxyl groups excluding tert-OH is 1. The third-order valence-corrected chi connectivity index (χ3v) is 3.41. The molecule has 1 aromatic carbocycles. The van der Waals surface area contributed by atoms with E-state index in [1.54, 1.807) is 25.1 Å². The predicted octanol–water partition coefficient (Wildman–Crippen LogP) is 2.76. The van der Waals surface area contributed by atoms with Crippen LogP contribution in [0.15, 0.2) is 30.5 Å². The van der Waals surface area contributed by atoms with Crippen LogP contribution in [0.25, 0.3) is 0 Å². The summed E-state index contributed by atoms with van der Waals surface area (Å²) in [5.41, 5.74) is 1.74. The molecule has 0 radical (unpaired) electrons. The Balaban J connectivity index is 2.22. The summed E-state index contributed by atoms with van der Waals surface area (Å²) in [6, 6.07) is 7.84. The SMILES string of the molecule is COc1ccc(CC(O)c2c(OC)cnn2C(C)C)cc1. The van der Waals surface area contributed by atoms with Crippen LogP contribution in [0.5, 0.6) is 11.5 Å². The Morgan fingerprint density at radius 2 is 1.81 bits per heavy atom. The van der Waals surface area contributed by atoms with E-state index in [1.165, 1.54) is 0 Å². The van der Waals surface area contributed by atoms with Gasteiger partial charge in [-0.1, -0.05) is 12.1 Å². The Bertz CT molecular complexity index is 576. The molecule has 0 bridgehead atoms. The molecule has 0 aliphatic rings. The van der Waals surface area contributed by atoms with Crippen molar-refractivity contribution < 1.29 is 14.6 Å². The Hall–Kier alpha value is -2.01. The number of hydrogen-bond acceptors (Lipinski definition) is 4. The van der Waals surface area contributed by atoms with Crippen LogP contribution >= 0.6 is 0 Å². The number of hydrogen-bond donors (Lipinski definition) is 1. The van der Waals surface area contributed by atoms with Crippen molar-refractivity contribution in [2.75, 3.05) is 14.2 Å². The van der Waals surface area contributed by atoms with Gasteiger partial charge in [0, 0.05) is 12.5 Å². The fraction of sp³-hybridized carbons (Fsp3) is 0.438. The van der Waals surface area contributed by atoms with Gasteiger partial charge in [-0.25, -0.2) is 0 Å². The van der Waals surface area contributed by atoms with E-state index in [9.17, 15) is 5.11 Å². The predicted molar refractivity (Wildman–Crippen MR) is 80.8 cm³/mol. The molecule has 1 unspecified atom stereocenters. The topological polar surface area (TPSA) is 56.5 Å². The van der Waals surface area contributed by atoms with Gasteiger partial charge in [0.2, 0.25) is 0 Å². The number of nitrogens with zero attached hydrogens (tertiary/aromatic N) is 2. The first-order valence-electron chi connectivity index (χ1n) is 6.99. The van der Waals surface area contributed by atoms with Gasteiger partial charge in [0.1, 0.15) is 17.5 Å². The lowest BCUT2D eigenvalue weighted by molar-refractivity contribution is 0.160. The Kier molecular flexibility index (Phi) is 4.85. The summed E-state index contributed by atoms with van der Waals surface area (Å²) in [5.74, 6) is 1.42. The van der Waals surface area contributed by atoms with Gasteiger partial charge in [-0.15, -0.1) is 0 Å². The smallest absolute Gasteiger partial charge is 0.162 e. The average Bonchev–Trinajstić information content (AvgIpc) is 2.92. The summed E-state index contributed by atoms with van der Waals surface area (Å²) in [6.45, 7) is 4.05. The molecule has 1 heterocycles. The van der Waals surface area contributed by atoms with Crippen LogP contribution in [0, 0.1) is 0 Å². The second-order valence-electron chi connectivity index (χ2n) is 5.20. The molecule has 5 heteroatoms. The molecule has 21 heavy (non-hydrogen) atoms. The van der Waals surface area contributed by atoms with Crippen LogP contribution < -0.4 is 9.47 Å². The Labute approximate surface area is 125 Å². The van der Waals surface area contributed by atoms with Gasteiger partial charge >= 0.3 is 0 Å². The summed E-state index contributed by atoms with van der Waals surface area (Å²) in [5, 5.41) is 14.8. The van der Waals surface area contributed by atoms with Gasteiger partial charge in [-0.3, -0.25) is 4.68 Å². The van der Waals surface area contributed by atoms with Crippen molar-refractivity contribution in [3.8, 4) is 11.5 Å². The first-order chi connectivity index (χ1) is 10.1. The lowest BCUT2D eigenvalue weighted by Gasteiger charge is -2.17. The Morgan fingerprint density at radius 3 is 2.33 bits per heavy atom. The van der Waals surface area contributed by atoms with Crippen LogP contribution in [0.2, 0.25) is 0 Å². The van der Waals surface area contributed by atoms with E-state index in [-0.39, 0.29) is 6.04 Å². The lowest BCUT2D eigenvalue weighted by Crippen LogP contribution is -2.13. The van der Waals surface area contributed by atoms with Crippen molar-refractivity contribution in [1.82, 2.24) is 9.78 Å². The standard InChI is InChI=1S/C16H22N2O3/c1-11(2)18-16(15(21-4)10-17-18)14(19)9-12-5-7-13(20-3)8-6-12/h5-8,10-11,14,19H,9H2,1-4H3. The molecular formula is C16H22N2O3. The molecule has 0 saturated carbocycles. The summed E-state index contributed by atoms with van der Waals surface area (Å²) in [7, 11) is 3.22. The summed E-state index contributed by atoms with van der Waals surface area (Å²) in [6.07, 6.45) is 1.48. The largest absolute Gasteiger partial charge is 0.497 e. The van der Waals surface area contributed by atoms with Crippen molar-refractivity contribution in [2.45, 2.75) is 32.4 Å². The van der Waals surface area contributed by atoms with Crippen molar-refractivity contribution in [3.05, 3.63) is 41.7 Å². The molecule has 1 aromatic heterocycles. The van der Waals surface area contributed by atoms with Crippen LogP contribution in [-0.2, 0) is 6.42 Å². The minimum absolute atomic E-state index is 0.161. The second-order valence-corrected chi connectivity index (χ2v) is 5.20. The maximum Gasteiger partial charge on any atom is 0.162 e. The number of aromatic nitrogens is 2. The number of benzene rings is 1. The lowest BCUT2D eigenvalue weighted by atomic mass is 10.0. The highest BCUT2D eigenvalue weighted by Gasteiger charge is 2.21. The van der Waals surface area contributed by atoms with Crippen LogP contribution in [0.1, 0.15) is 37.3 Å². The zero-order chi connectivity index (χ0) is 15.4. The number of rotatable bonds is 6. The second kappa shape index (κ2) is 6.63. The summed E-state index contributed by atoms with van der Waals surface area (Å²) < 4.78 is 12.2. The van der Waals surface area contributed by atoms with Crippen LogP contribution in [0.3, 0.4) is 0 Å². The third kappa shape index (κ3) is 3.36. The molecule has 114 valence electrons. The molecule has 0 aliphatic carbocycles. The maximum absolute atomic E-state index is 10.6. The highest BCUT2D eigenvalue weighted by molar-refractivity contribution is 5.31. The van der Waals surface area contributed by atoms with Crippen molar-refractivity contribution in [2.24, 2.45) is 0 Å². The van der Waals surface area contributed by atoms with Crippen LogP contribution in [0.4, 0.5) is 0 Å². The van der Waals surface area contributed by atoms with Crippen molar-refractivity contribution in [3.63, 3.8) is 0 Å². The molecule has 0 saturated heterocycles. The first-order valence-corrected chi connectivity index (χ1v) is 6.99. The summed E-state index contributed by atoms with van der Waals surface area (Å²) >= 11 is 0. The highest BCUT2D eigenvalue weighted by Crippen LogP contribution is 2.29. The zero-order valence-electron chi connectivity index (χ0n) is 12.9. The van der Waals surface area contributed by atoms with Gasteiger partial charge in [0.25, 0.3) is 0 Å². The fourth-order valence-electron chi connectivity index (χ4n) is 2.32. The molecule has 0 aliphatic heterocycles. The van der Waals surface area contributed by atoms with E-state index in [0.29, 0.717) is 17.9 Å². The maximum atomic E-state index is 10.6. The van der Waals surface area contributed by atoms with Gasteiger partial charge in [-0.05, 0) is 31.5 Å². The number of aliphatic hydroxyl groups is 1. The van der Waals surface area contributed by atoms with E-state index in [2.05, 4.69) is 5.10 Å². The minimum Gasteiger partial charge on any atom is -0.497 e. The Morgan fingerprint density at radius 1 is 1.14 bits per heavy atom. The molecule has 0 amide bonds. The third-order valence-electron chi connectivity index (χ3n) is 3.41. The molecule has 1 atom stereocenters. The van der Waals surface area contributed by atoms with E-state index < -0.39 is 6.10 Å². The van der Waals surface area contributed by atoms with E-state index in [4.69, 9.17) is 9.47 Å². The fourth-order valence-corrected chi connectivity index (χ4v) is 2.32. The van der Waals surface area contributed by atoms with E-state index in [1.807, 2.05) is 38.1 Å². The average molecular weight is 290 g/mol. The quantitative estimate of drug-likeness (QED) is 0.888. The minimum atomic E-state index is -0.668. The molecule has 0 fully saturated rings. The van der Waals surface area contributed by atoms with Crippen molar-refractivity contribution in [1.29, 1.82) is 0 Å². The first kappa shape index (κ1) is 15.4. The van der Waals surface area contributed by atoms with Crippen LogP contribution in [-0.4, -0.2) is 29.1 Å². The molecule has 2 rings (SSSR count). The van der Waals surface area contributed by atoms with Gasteiger partial charge in [0.05, 0.1) is 20.4 Å². The molecule has 2 aromatic rings. The molecule has 0 spiro atoms. The van der Waals surface area contributed by atoms with Gasteiger partial charge in [-0.2, -0.15) is 5.10 Å². The highest BCUT2D eigenvalue weighted by atomic mass is 16.5. The van der Waals surface area contributed by atoms with E-state index >= 15 is 0 Å². The zero-order valence-corrected chi connectivity index (χ0v) is 12.9. The normalized spacial score (nSPS) is 12.5. The number of methoxy groups -OCH3 is 2.